The van der Waals surface area contributed by atoms with E-state index in [2.05, 4.69) is 82.6 Å². The molecule has 0 spiro atoms. The Bertz CT molecular complexity index is 966. The molecule has 1 aliphatic rings. The fraction of sp³-hybridized carbons (Fsp3) is 0.286. The summed E-state index contributed by atoms with van der Waals surface area (Å²) in [7, 11) is 0. The molecule has 1 fully saturated rings. The number of nitrogens with two attached hydrogens (primary N) is 1. The van der Waals surface area contributed by atoms with Crippen molar-refractivity contribution in [3.63, 3.8) is 0 Å². The van der Waals surface area contributed by atoms with Gasteiger partial charge in [-0.25, -0.2) is 0 Å². The Labute approximate surface area is 191 Å². The first kappa shape index (κ1) is 22.3. The maximum atomic E-state index is 6.39. The van der Waals surface area contributed by atoms with Crippen LogP contribution in [0.5, 0.6) is 0 Å². The summed E-state index contributed by atoms with van der Waals surface area (Å²) in [6.45, 7) is 6.99. The Balaban J connectivity index is 1.24. The van der Waals surface area contributed by atoms with Crippen molar-refractivity contribution >= 4 is 11.8 Å². The Kier molecular flexibility index (Phi) is 8.10. The first-order chi connectivity index (χ1) is 15.8. The third-order valence-corrected chi connectivity index (χ3v) is 5.95. The van der Waals surface area contributed by atoms with Gasteiger partial charge < -0.3 is 10.5 Å². The number of hydrogen-bond donors (Lipinski definition) is 1. The van der Waals surface area contributed by atoms with Crippen LogP contribution in [0.4, 0.5) is 5.69 Å². The van der Waals surface area contributed by atoms with E-state index >= 15 is 0 Å². The van der Waals surface area contributed by atoms with Crippen LogP contribution >= 0.6 is 0 Å². The Morgan fingerprint density at radius 2 is 1.44 bits per heavy atom. The summed E-state index contributed by atoms with van der Waals surface area (Å²) < 4.78 is 6.39. The van der Waals surface area contributed by atoms with Gasteiger partial charge in [-0.05, 0) is 28.8 Å². The molecule has 2 N–H and O–H groups in total. The van der Waals surface area contributed by atoms with Crippen LogP contribution in [0.1, 0.15) is 22.8 Å². The molecule has 1 unspecified atom stereocenters. The zero-order chi connectivity index (χ0) is 22.0. The van der Waals surface area contributed by atoms with Gasteiger partial charge in [0.1, 0.15) is 6.10 Å². The van der Waals surface area contributed by atoms with Crippen LogP contribution in [0.15, 0.2) is 91.0 Å². The van der Waals surface area contributed by atoms with Gasteiger partial charge in [-0.2, -0.15) is 0 Å². The molecule has 0 saturated carbocycles. The van der Waals surface area contributed by atoms with Crippen LogP contribution in [-0.2, 0) is 4.74 Å². The molecule has 1 atom stereocenters. The minimum Gasteiger partial charge on any atom is -0.399 e. The molecule has 1 aliphatic heterocycles. The van der Waals surface area contributed by atoms with E-state index in [1.165, 1.54) is 5.56 Å². The highest BCUT2D eigenvalue weighted by molar-refractivity contribution is 5.48. The highest BCUT2D eigenvalue weighted by Gasteiger charge is 2.18. The molecule has 4 rings (SSSR count). The molecule has 32 heavy (non-hydrogen) atoms. The average molecular weight is 428 g/mol. The van der Waals surface area contributed by atoms with E-state index in [0.717, 1.165) is 56.1 Å². The predicted octanol–water partition coefficient (Wildman–Crippen LogP) is 4.71. The quantitative estimate of drug-likeness (QED) is 0.503. The molecule has 4 nitrogen and oxygen atoms in total. The Morgan fingerprint density at radius 3 is 2.16 bits per heavy atom. The Morgan fingerprint density at radius 1 is 0.781 bits per heavy atom. The third kappa shape index (κ3) is 6.54. The first-order valence-corrected chi connectivity index (χ1v) is 11.5. The van der Waals surface area contributed by atoms with Gasteiger partial charge in [-0.1, -0.05) is 84.9 Å². The summed E-state index contributed by atoms with van der Waals surface area (Å²) in [5.74, 6) is 0. The molecule has 0 bridgehead atoms. The molecular weight excluding hydrogens is 394 g/mol. The Hall–Kier alpha value is -2.92. The van der Waals surface area contributed by atoms with Crippen molar-refractivity contribution in [3.8, 4) is 0 Å². The molecule has 166 valence electrons. The van der Waals surface area contributed by atoms with Gasteiger partial charge in [0.2, 0.25) is 0 Å². The minimum absolute atomic E-state index is 0.0934. The molecule has 3 aromatic carbocycles. The van der Waals surface area contributed by atoms with E-state index in [1.54, 1.807) is 0 Å². The fourth-order valence-electron chi connectivity index (χ4n) is 4.13. The average Bonchev–Trinajstić information content (AvgIpc) is 2.84. The number of hydrogen-bond acceptors (Lipinski definition) is 4. The van der Waals surface area contributed by atoms with Gasteiger partial charge in [0.25, 0.3) is 0 Å². The number of anilines is 1. The monoisotopic (exact) mass is 427 g/mol. The zero-order valence-electron chi connectivity index (χ0n) is 18.6. The fourth-order valence-corrected chi connectivity index (χ4v) is 4.13. The number of nitrogens with zero attached hydrogens (tertiary/aromatic N) is 2. The number of nitrogen functional groups attached to an aromatic ring is 1. The zero-order valence-corrected chi connectivity index (χ0v) is 18.6. The number of rotatable bonds is 9. The summed E-state index contributed by atoms with van der Waals surface area (Å²) in [6.07, 6.45) is 4.38. The lowest BCUT2D eigenvalue weighted by atomic mass is 10.0. The van der Waals surface area contributed by atoms with Crippen molar-refractivity contribution in [1.82, 2.24) is 9.80 Å². The largest absolute Gasteiger partial charge is 0.399 e. The third-order valence-electron chi connectivity index (χ3n) is 5.95. The summed E-state index contributed by atoms with van der Waals surface area (Å²) in [4.78, 5) is 5.01. The second kappa shape index (κ2) is 11.6. The van der Waals surface area contributed by atoms with Gasteiger partial charge >= 0.3 is 0 Å². The molecule has 1 heterocycles. The second-order valence-electron chi connectivity index (χ2n) is 8.29. The van der Waals surface area contributed by atoms with Crippen LogP contribution in [-0.4, -0.2) is 55.7 Å². The van der Waals surface area contributed by atoms with E-state index in [9.17, 15) is 0 Å². The lowest BCUT2D eigenvalue weighted by molar-refractivity contribution is 0.0468. The van der Waals surface area contributed by atoms with Crippen molar-refractivity contribution < 1.29 is 4.74 Å². The maximum absolute atomic E-state index is 6.39. The maximum Gasteiger partial charge on any atom is 0.108 e. The lowest BCUT2D eigenvalue weighted by Crippen LogP contribution is -2.47. The molecule has 4 heteroatoms. The molecule has 0 aliphatic carbocycles. The highest BCUT2D eigenvalue weighted by Crippen LogP contribution is 2.27. The van der Waals surface area contributed by atoms with Crippen molar-refractivity contribution in [1.29, 1.82) is 0 Å². The minimum atomic E-state index is -0.0934. The topological polar surface area (TPSA) is 41.7 Å². The van der Waals surface area contributed by atoms with E-state index in [1.807, 2.05) is 24.3 Å². The number of ether oxygens (including phenoxy) is 1. The van der Waals surface area contributed by atoms with Gasteiger partial charge in [0.15, 0.2) is 0 Å². The summed E-state index contributed by atoms with van der Waals surface area (Å²) in [6, 6.07) is 28.9. The van der Waals surface area contributed by atoms with Crippen LogP contribution in [0.3, 0.4) is 0 Å². The van der Waals surface area contributed by atoms with Gasteiger partial charge in [-0.3, -0.25) is 9.80 Å². The summed E-state index contributed by atoms with van der Waals surface area (Å²) >= 11 is 0. The number of piperazine rings is 1. The van der Waals surface area contributed by atoms with Crippen molar-refractivity contribution in [3.05, 3.63) is 108 Å². The predicted molar refractivity (Wildman–Crippen MR) is 133 cm³/mol. The first-order valence-electron chi connectivity index (χ1n) is 11.5. The SMILES string of the molecule is Nc1cccc(C(OCCN2CCN(C/C=C/c3ccccc3)CC2)c2ccccc2)c1. The molecule has 1 saturated heterocycles. The second-order valence-corrected chi connectivity index (χ2v) is 8.29. The van der Waals surface area contributed by atoms with E-state index < -0.39 is 0 Å². The van der Waals surface area contributed by atoms with Gasteiger partial charge in [0.05, 0.1) is 6.61 Å². The summed E-state index contributed by atoms with van der Waals surface area (Å²) in [5, 5.41) is 0. The van der Waals surface area contributed by atoms with Crippen LogP contribution < -0.4 is 5.73 Å². The smallest absolute Gasteiger partial charge is 0.108 e. The highest BCUT2D eigenvalue weighted by atomic mass is 16.5. The number of benzene rings is 3. The van der Waals surface area contributed by atoms with Crippen LogP contribution in [0.25, 0.3) is 6.08 Å². The normalized spacial score (nSPS) is 16.4. The van der Waals surface area contributed by atoms with E-state index in [0.29, 0.717) is 6.61 Å². The van der Waals surface area contributed by atoms with Crippen LogP contribution in [0, 0.1) is 0 Å². The molecule has 0 aromatic heterocycles. The summed E-state index contributed by atoms with van der Waals surface area (Å²) in [5.41, 5.74) is 10.3. The molecule has 0 amide bonds. The van der Waals surface area contributed by atoms with Crippen molar-refractivity contribution in [2.75, 3.05) is 51.6 Å². The molecule has 0 radical (unpaired) electrons. The van der Waals surface area contributed by atoms with E-state index in [4.69, 9.17) is 10.5 Å². The van der Waals surface area contributed by atoms with Gasteiger partial charge in [0, 0.05) is 45.0 Å². The molecule has 3 aromatic rings. The van der Waals surface area contributed by atoms with Crippen LogP contribution in [0.2, 0.25) is 0 Å². The van der Waals surface area contributed by atoms with E-state index in [-0.39, 0.29) is 6.10 Å². The van der Waals surface area contributed by atoms with Crippen molar-refractivity contribution in [2.24, 2.45) is 0 Å². The van der Waals surface area contributed by atoms with Gasteiger partial charge in [-0.15, -0.1) is 0 Å². The molecular formula is C28H33N3O. The lowest BCUT2D eigenvalue weighted by Gasteiger charge is -2.34. The van der Waals surface area contributed by atoms with Crippen molar-refractivity contribution in [2.45, 2.75) is 6.10 Å². The standard InChI is InChI=1S/C28H33N3O/c29-27-15-7-14-26(23-27)28(25-12-5-2-6-13-25)32-22-21-31-19-17-30(18-20-31)16-8-11-24-9-3-1-4-10-24/h1-15,23,28H,16-22,29H2/b11-8+.